The first-order chi connectivity index (χ1) is 20.7. The molecular weight excluding hydrogens is 508 g/mol. The van der Waals surface area contributed by atoms with Gasteiger partial charge in [0.05, 0.1) is 0 Å². The molecule has 0 fully saturated rings. The SMILES string of the molecule is CN1c2ccccc2C(c2ccc3c4c(ccc(C5c6ccccc6N(C)c6ccccc65)c24)CC3)c2ccccc21. The lowest BCUT2D eigenvalue weighted by Gasteiger charge is -2.38. The number of benzene rings is 6. The average molecular weight is 541 g/mol. The summed E-state index contributed by atoms with van der Waals surface area (Å²) >= 11 is 0. The summed E-state index contributed by atoms with van der Waals surface area (Å²) in [6.07, 6.45) is 2.24. The Morgan fingerprint density at radius 2 is 0.714 bits per heavy atom. The zero-order chi connectivity index (χ0) is 27.9. The number of aryl methyl sites for hydroxylation is 2. The Morgan fingerprint density at radius 1 is 0.381 bits per heavy atom. The van der Waals surface area contributed by atoms with Gasteiger partial charge in [-0.05, 0) is 92.4 Å². The Bertz CT molecular complexity index is 1820. The predicted molar refractivity (Wildman–Crippen MR) is 175 cm³/mol. The van der Waals surface area contributed by atoms with Gasteiger partial charge in [0.1, 0.15) is 0 Å². The predicted octanol–water partition coefficient (Wildman–Crippen LogP) is 9.46. The van der Waals surface area contributed by atoms with Gasteiger partial charge in [0.25, 0.3) is 0 Å². The molecule has 0 unspecified atom stereocenters. The first-order valence-electron chi connectivity index (χ1n) is 15.1. The van der Waals surface area contributed by atoms with E-state index < -0.39 is 0 Å². The molecule has 0 amide bonds. The molecule has 0 spiro atoms. The standard InChI is InChI=1S/C40H32N2/c1-41-33-15-7-3-11-27(33)38(28-12-4-8-16-34(28)41)31-23-21-25-19-20-26-22-24-32(40(31)37(25)26)39-29-13-5-9-17-35(29)42(2)36-18-10-6-14-30(36)39/h3-18,21-24,38-39H,19-20H2,1-2H3. The molecule has 0 bridgehead atoms. The molecule has 0 N–H and O–H groups in total. The van der Waals surface area contributed by atoms with Gasteiger partial charge in [0, 0.05) is 48.7 Å². The van der Waals surface area contributed by atoms with E-state index in [9.17, 15) is 0 Å². The van der Waals surface area contributed by atoms with Crippen molar-refractivity contribution in [3.05, 3.63) is 166 Å². The van der Waals surface area contributed by atoms with Crippen molar-refractivity contribution < 1.29 is 0 Å². The Balaban J connectivity index is 1.40. The highest BCUT2D eigenvalue weighted by atomic mass is 15.1. The molecular formula is C40H32N2. The summed E-state index contributed by atoms with van der Waals surface area (Å²) < 4.78 is 0. The van der Waals surface area contributed by atoms with Gasteiger partial charge in [-0.15, -0.1) is 0 Å². The van der Waals surface area contributed by atoms with Gasteiger partial charge in [0.2, 0.25) is 0 Å². The van der Waals surface area contributed by atoms with Crippen LogP contribution in [0.5, 0.6) is 0 Å². The number of hydrogen-bond donors (Lipinski definition) is 0. The Kier molecular flexibility index (Phi) is 5.02. The third kappa shape index (κ3) is 3.15. The molecule has 2 nitrogen and oxygen atoms in total. The first kappa shape index (κ1) is 23.8. The minimum absolute atomic E-state index is 0.161. The molecule has 2 aliphatic heterocycles. The average Bonchev–Trinajstić information content (AvgIpc) is 3.47. The van der Waals surface area contributed by atoms with E-state index in [4.69, 9.17) is 0 Å². The fourth-order valence-corrected chi connectivity index (χ4v) is 8.28. The fourth-order valence-electron chi connectivity index (χ4n) is 8.28. The van der Waals surface area contributed by atoms with Gasteiger partial charge >= 0.3 is 0 Å². The highest BCUT2D eigenvalue weighted by Crippen LogP contribution is 2.54. The van der Waals surface area contributed by atoms with E-state index in [1.807, 2.05) is 0 Å². The molecule has 0 saturated carbocycles. The molecule has 6 aromatic carbocycles. The summed E-state index contributed by atoms with van der Waals surface area (Å²) in [6.45, 7) is 0. The van der Waals surface area contributed by atoms with Gasteiger partial charge in [-0.2, -0.15) is 0 Å². The highest BCUT2D eigenvalue weighted by Gasteiger charge is 2.36. The number of para-hydroxylation sites is 4. The smallest absolute Gasteiger partial charge is 0.0450 e. The largest absolute Gasteiger partial charge is 0.344 e. The molecule has 0 atom stereocenters. The van der Waals surface area contributed by atoms with Crippen LogP contribution in [0.2, 0.25) is 0 Å². The number of fused-ring (bicyclic) bond motifs is 4. The number of nitrogens with zero attached hydrogens (tertiary/aromatic N) is 2. The molecule has 0 aromatic heterocycles. The van der Waals surface area contributed by atoms with E-state index in [1.165, 1.54) is 78.0 Å². The molecule has 2 heterocycles. The Hall–Kier alpha value is -4.82. The number of rotatable bonds is 2. The van der Waals surface area contributed by atoms with Gasteiger partial charge in [-0.1, -0.05) is 97.1 Å². The topological polar surface area (TPSA) is 6.48 Å². The van der Waals surface area contributed by atoms with Crippen LogP contribution < -0.4 is 9.80 Å². The van der Waals surface area contributed by atoms with Crippen LogP contribution in [0.3, 0.4) is 0 Å². The third-order valence-corrected chi connectivity index (χ3v) is 10.1. The van der Waals surface area contributed by atoms with Gasteiger partial charge < -0.3 is 9.80 Å². The summed E-state index contributed by atoms with van der Waals surface area (Å²) in [5.41, 5.74) is 16.5. The van der Waals surface area contributed by atoms with Crippen LogP contribution in [0.25, 0.3) is 10.8 Å². The maximum Gasteiger partial charge on any atom is 0.0450 e. The lowest BCUT2D eigenvalue weighted by Crippen LogP contribution is -2.23. The second-order valence-electron chi connectivity index (χ2n) is 12.1. The molecule has 42 heavy (non-hydrogen) atoms. The van der Waals surface area contributed by atoms with Crippen molar-refractivity contribution in [1.29, 1.82) is 0 Å². The van der Waals surface area contributed by atoms with Gasteiger partial charge in [0.15, 0.2) is 0 Å². The Labute approximate surface area is 247 Å². The van der Waals surface area contributed by atoms with Crippen LogP contribution in [0, 0.1) is 0 Å². The second-order valence-corrected chi connectivity index (χ2v) is 12.1. The van der Waals surface area contributed by atoms with Crippen molar-refractivity contribution in [2.75, 3.05) is 23.9 Å². The summed E-state index contributed by atoms with van der Waals surface area (Å²) in [5, 5.41) is 2.95. The maximum absolute atomic E-state index is 2.46. The zero-order valence-corrected chi connectivity index (χ0v) is 24.0. The Morgan fingerprint density at radius 3 is 1.07 bits per heavy atom. The molecule has 0 radical (unpaired) electrons. The molecule has 6 aromatic rings. The normalized spacial score (nSPS) is 15.4. The molecule has 9 rings (SSSR count). The van der Waals surface area contributed by atoms with E-state index in [2.05, 4.69) is 145 Å². The van der Waals surface area contributed by atoms with Crippen LogP contribution in [-0.4, -0.2) is 14.1 Å². The van der Waals surface area contributed by atoms with Crippen molar-refractivity contribution >= 4 is 33.5 Å². The van der Waals surface area contributed by atoms with E-state index >= 15 is 0 Å². The molecule has 1 aliphatic carbocycles. The summed E-state index contributed by atoms with van der Waals surface area (Å²) in [6, 6.07) is 45.8. The van der Waals surface area contributed by atoms with Crippen LogP contribution in [0.4, 0.5) is 22.7 Å². The van der Waals surface area contributed by atoms with Crippen LogP contribution in [0.15, 0.2) is 121 Å². The summed E-state index contributed by atoms with van der Waals surface area (Å²) in [5.74, 6) is 0.322. The number of hydrogen-bond acceptors (Lipinski definition) is 2. The van der Waals surface area contributed by atoms with Gasteiger partial charge in [-0.25, -0.2) is 0 Å². The van der Waals surface area contributed by atoms with E-state index in [0.29, 0.717) is 0 Å². The molecule has 0 saturated heterocycles. The van der Waals surface area contributed by atoms with Crippen molar-refractivity contribution in [2.45, 2.75) is 24.7 Å². The third-order valence-electron chi connectivity index (χ3n) is 10.1. The molecule has 2 heteroatoms. The first-order valence-corrected chi connectivity index (χ1v) is 15.1. The van der Waals surface area contributed by atoms with Crippen LogP contribution in [0.1, 0.15) is 56.3 Å². The van der Waals surface area contributed by atoms with Crippen LogP contribution in [-0.2, 0) is 12.8 Å². The van der Waals surface area contributed by atoms with Crippen LogP contribution >= 0.6 is 0 Å². The second kappa shape index (κ2) is 8.84. The lowest BCUT2D eigenvalue weighted by atomic mass is 9.74. The van der Waals surface area contributed by atoms with Crippen molar-refractivity contribution in [3.8, 4) is 0 Å². The minimum atomic E-state index is 0.161. The fraction of sp³-hybridized carbons (Fsp3) is 0.150. The zero-order valence-electron chi connectivity index (χ0n) is 24.0. The quantitative estimate of drug-likeness (QED) is 0.216. The molecule has 202 valence electrons. The summed E-state index contributed by atoms with van der Waals surface area (Å²) in [4.78, 5) is 4.73. The van der Waals surface area contributed by atoms with Gasteiger partial charge in [-0.3, -0.25) is 0 Å². The van der Waals surface area contributed by atoms with Crippen molar-refractivity contribution in [3.63, 3.8) is 0 Å². The maximum atomic E-state index is 2.46. The molecule has 3 aliphatic rings. The highest BCUT2D eigenvalue weighted by molar-refractivity contribution is 5.99. The monoisotopic (exact) mass is 540 g/mol. The van der Waals surface area contributed by atoms with E-state index in [0.717, 1.165) is 12.8 Å². The van der Waals surface area contributed by atoms with Crippen molar-refractivity contribution in [2.24, 2.45) is 0 Å². The lowest BCUT2D eigenvalue weighted by molar-refractivity contribution is 0.916. The number of anilines is 4. The summed E-state index contributed by atoms with van der Waals surface area (Å²) in [7, 11) is 4.42. The van der Waals surface area contributed by atoms with Crippen molar-refractivity contribution in [1.82, 2.24) is 0 Å². The minimum Gasteiger partial charge on any atom is -0.344 e. The van der Waals surface area contributed by atoms with E-state index in [-0.39, 0.29) is 11.8 Å². The van der Waals surface area contributed by atoms with E-state index in [1.54, 1.807) is 0 Å².